The largest absolute Gasteiger partial charge is 0.374 e. The molecule has 2 fully saturated rings. The molecule has 3 heterocycles. The van der Waals surface area contributed by atoms with E-state index in [1.54, 1.807) is 0 Å². The lowest BCUT2D eigenvalue weighted by Gasteiger charge is -2.30. The lowest BCUT2D eigenvalue weighted by molar-refractivity contribution is -0.0182. The fourth-order valence-electron chi connectivity index (χ4n) is 2.89. The Morgan fingerprint density at radius 3 is 2.71 bits per heavy atom. The number of likely N-dealkylation sites (N-methyl/N-ethyl adjacent to an activating group) is 1. The third kappa shape index (κ3) is 4.12. The van der Waals surface area contributed by atoms with Crippen molar-refractivity contribution in [3.8, 4) is 0 Å². The van der Waals surface area contributed by atoms with Crippen LogP contribution in [0.15, 0.2) is 12.4 Å². The molecule has 0 aromatic carbocycles. The van der Waals surface area contributed by atoms with Crippen LogP contribution in [0.5, 0.6) is 0 Å². The van der Waals surface area contributed by atoms with Gasteiger partial charge in [-0.15, -0.1) is 0 Å². The summed E-state index contributed by atoms with van der Waals surface area (Å²) in [7, 11) is 2.14. The smallest absolute Gasteiger partial charge is 0.225 e. The van der Waals surface area contributed by atoms with E-state index in [9.17, 15) is 0 Å². The van der Waals surface area contributed by atoms with Gasteiger partial charge in [-0.05, 0) is 19.9 Å². The third-order valence-corrected chi connectivity index (χ3v) is 4.12. The Bertz CT molecular complexity index is 432. The average Bonchev–Trinajstić information content (AvgIpc) is 3.02. The van der Waals surface area contributed by atoms with Gasteiger partial charge in [0.1, 0.15) is 0 Å². The summed E-state index contributed by atoms with van der Waals surface area (Å²) in [6.45, 7) is 6.70. The summed E-state index contributed by atoms with van der Waals surface area (Å²) in [5.74, 6) is 0.869. The molecule has 1 aromatic rings. The van der Waals surface area contributed by atoms with Gasteiger partial charge in [-0.2, -0.15) is 0 Å². The molecule has 1 N–H and O–H groups in total. The van der Waals surface area contributed by atoms with Crippen LogP contribution in [0.1, 0.15) is 18.4 Å². The molecule has 6 nitrogen and oxygen atoms in total. The van der Waals surface area contributed by atoms with Crippen molar-refractivity contribution < 1.29 is 4.74 Å². The van der Waals surface area contributed by atoms with Gasteiger partial charge in [0.15, 0.2) is 0 Å². The first-order valence-electron chi connectivity index (χ1n) is 7.88. The molecule has 3 rings (SSSR count). The Labute approximate surface area is 126 Å². The van der Waals surface area contributed by atoms with Gasteiger partial charge in [0.2, 0.25) is 5.95 Å². The van der Waals surface area contributed by atoms with Crippen molar-refractivity contribution in [2.45, 2.75) is 25.5 Å². The van der Waals surface area contributed by atoms with Gasteiger partial charge in [0, 0.05) is 57.2 Å². The fraction of sp³-hybridized carbons (Fsp3) is 0.733. The molecule has 1 atom stereocenters. The zero-order valence-electron chi connectivity index (χ0n) is 12.8. The highest BCUT2D eigenvalue weighted by Crippen LogP contribution is 2.14. The molecule has 0 unspecified atom stereocenters. The summed E-state index contributed by atoms with van der Waals surface area (Å²) < 4.78 is 5.73. The second kappa shape index (κ2) is 7.15. The maximum absolute atomic E-state index is 5.73. The number of hydrogen-bond donors (Lipinski definition) is 1. The van der Waals surface area contributed by atoms with Gasteiger partial charge in [-0.1, -0.05) is 0 Å². The molecule has 0 radical (unpaired) electrons. The van der Waals surface area contributed by atoms with Gasteiger partial charge in [-0.25, -0.2) is 9.97 Å². The van der Waals surface area contributed by atoms with Crippen LogP contribution in [0.25, 0.3) is 0 Å². The minimum absolute atomic E-state index is 0.286. The molecule has 116 valence electrons. The number of hydrogen-bond acceptors (Lipinski definition) is 6. The third-order valence-electron chi connectivity index (χ3n) is 4.12. The Kier molecular flexibility index (Phi) is 5.00. The Morgan fingerprint density at radius 1 is 1.24 bits per heavy atom. The van der Waals surface area contributed by atoms with E-state index in [1.807, 2.05) is 12.4 Å². The predicted molar refractivity (Wildman–Crippen MR) is 82.4 cm³/mol. The monoisotopic (exact) mass is 291 g/mol. The molecule has 21 heavy (non-hydrogen) atoms. The van der Waals surface area contributed by atoms with Gasteiger partial charge in [-0.3, -0.25) is 0 Å². The van der Waals surface area contributed by atoms with Gasteiger partial charge >= 0.3 is 0 Å². The number of morpholine rings is 1. The van der Waals surface area contributed by atoms with Crippen molar-refractivity contribution in [2.75, 3.05) is 51.3 Å². The molecular weight excluding hydrogens is 266 g/mol. The van der Waals surface area contributed by atoms with Crippen LogP contribution in [-0.2, 0) is 11.3 Å². The maximum atomic E-state index is 5.73. The standard InChI is InChI=1S/C15H25N5O/c1-19-6-7-21-14(12-19)11-16-8-13-9-17-15(18-10-13)20-4-2-3-5-20/h9-10,14,16H,2-8,11-12H2,1H3/t14-/m1/s1. The molecule has 0 aliphatic carbocycles. The van der Waals surface area contributed by atoms with Crippen molar-refractivity contribution in [1.29, 1.82) is 0 Å². The Hall–Kier alpha value is -1.24. The molecule has 0 saturated carbocycles. The highest BCUT2D eigenvalue weighted by molar-refractivity contribution is 5.30. The van der Waals surface area contributed by atoms with E-state index >= 15 is 0 Å². The van der Waals surface area contributed by atoms with Crippen LogP contribution in [0, 0.1) is 0 Å². The lowest BCUT2D eigenvalue weighted by Crippen LogP contribution is -2.44. The number of aromatic nitrogens is 2. The quantitative estimate of drug-likeness (QED) is 0.852. The number of nitrogens with zero attached hydrogens (tertiary/aromatic N) is 4. The van der Waals surface area contributed by atoms with Crippen molar-refractivity contribution in [2.24, 2.45) is 0 Å². The topological polar surface area (TPSA) is 53.5 Å². The first-order valence-corrected chi connectivity index (χ1v) is 7.88. The van der Waals surface area contributed by atoms with Crippen LogP contribution in [0.3, 0.4) is 0 Å². The van der Waals surface area contributed by atoms with E-state index in [0.717, 1.165) is 57.4 Å². The van der Waals surface area contributed by atoms with Crippen molar-refractivity contribution in [1.82, 2.24) is 20.2 Å². The highest BCUT2D eigenvalue weighted by atomic mass is 16.5. The van der Waals surface area contributed by atoms with Gasteiger partial charge in [0.25, 0.3) is 0 Å². The van der Waals surface area contributed by atoms with Crippen molar-refractivity contribution in [3.63, 3.8) is 0 Å². The molecule has 2 aliphatic heterocycles. The summed E-state index contributed by atoms with van der Waals surface area (Å²) in [4.78, 5) is 13.5. The maximum Gasteiger partial charge on any atom is 0.225 e. The minimum Gasteiger partial charge on any atom is -0.374 e. The zero-order valence-corrected chi connectivity index (χ0v) is 12.8. The van der Waals surface area contributed by atoms with Gasteiger partial charge in [0.05, 0.1) is 12.7 Å². The summed E-state index contributed by atoms with van der Waals surface area (Å²) in [6, 6.07) is 0. The molecule has 0 bridgehead atoms. The second-order valence-corrected chi connectivity index (χ2v) is 5.97. The molecule has 1 aromatic heterocycles. The fourth-order valence-corrected chi connectivity index (χ4v) is 2.89. The Morgan fingerprint density at radius 2 is 2.00 bits per heavy atom. The van der Waals surface area contributed by atoms with Crippen LogP contribution < -0.4 is 10.2 Å². The van der Waals surface area contributed by atoms with Gasteiger partial charge < -0.3 is 19.9 Å². The summed E-state index contributed by atoms with van der Waals surface area (Å²) >= 11 is 0. The summed E-state index contributed by atoms with van der Waals surface area (Å²) in [6.07, 6.45) is 6.65. The number of anilines is 1. The minimum atomic E-state index is 0.286. The van der Waals surface area contributed by atoms with Crippen molar-refractivity contribution in [3.05, 3.63) is 18.0 Å². The molecule has 0 spiro atoms. The summed E-state index contributed by atoms with van der Waals surface area (Å²) in [5, 5.41) is 3.44. The van der Waals surface area contributed by atoms with E-state index < -0.39 is 0 Å². The molecular formula is C15H25N5O. The molecule has 6 heteroatoms. The Balaban J connectivity index is 1.42. The van der Waals surface area contributed by atoms with Crippen LogP contribution in [0.2, 0.25) is 0 Å². The first-order chi connectivity index (χ1) is 10.3. The molecule has 2 aliphatic rings. The van der Waals surface area contributed by atoms with E-state index in [2.05, 4.69) is 32.1 Å². The number of ether oxygens (including phenoxy) is 1. The van der Waals surface area contributed by atoms with Crippen LogP contribution in [-0.4, -0.2) is 67.4 Å². The van der Waals surface area contributed by atoms with Crippen LogP contribution >= 0.6 is 0 Å². The molecule has 0 amide bonds. The predicted octanol–water partition coefficient (Wildman–Crippen LogP) is 0.497. The van der Waals surface area contributed by atoms with E-state index in [0.29, 0.717) is 0 Å². The number of rotatable bonds is 5. The van der Waals surface area contributed by atoms with Crippen LogP contribution in [0.4, 0.5) is 5.95 Å². The normalized spacial score (nSPS) is 23.7. The second-order valence-electron chi connectivity index (χ2n) is 5.97. The lowest BCUT2D eigenvalue weighted by atomic mass is 10.2. The highest BCUT2D eigenvalue weighted by Gasteiger charge is 2.17. The average molecular weight is 291 g/mol. The van der Waals surface area contributed by atoms with E-state index in [-0.39, 0.29) is 6.10 Å². The summed E-state index contributed by atoms with van der Waals surface area (Å²) in [5.41, 5.74) is 1.13. The number of nitrogens with one attached hydrogen (secondary N) is 1. The van der Waals surface area contributed by atoms with E-state index in [1.165, 1.54) is 12.8 Å². The SMILES string of the molecule is CN1CCO[C@H](CNCc2cnc(N3CCCC3)nc2)C1. The zero-order chi connectivity index (χ0) is 14.5. The van der Waals surface area contributed by atoms with Crippen molar-refractivity contribution >= 4 is 5.95 Å². The molecule has 2 saturated heterocycles. The van der Waals surface area contributed by atoms with E-state index in [4.69, 9.17) is 4.74 Å². The first kappa shape index (κ1) is 14.7.